The lowest BCUT2D eigenvalue weighted by atomic mass is 9.94. The number of rotatable bonds is 1. The molecule has 3 aliphatic rings. The van der Waals surface area contributed by atoms with E-state index in [-0.39, 0.29) is 0 Å². The van der Waals surface area contributed by atoms with Gasteiger partial charge in [-0.2, -0.15) is 0 Å². The summed E-state index contributed by atoms with van der Waals surface area (Å²) >= 11 is 0. The van der Waals surface area contributed by atoms with Gasteiger partial charge in [0.05, 0.1) is 0 Å². The van der Waals surface area contributed by atoms with Crippen LogP contribution in [0.25, 0.3) is 0 Å². The molecule has 0 radical (unpaired) electrons. The van der Waals surface area contributed by atoms with Crippen LogP contribution in [0.4, 0.5) is 4.79 Å². The lowest BCUT2D eigenvalue weighted by Crippen LogP contribution is -2.57. The molecule has 0 aromatic rings. The summed E-state index contributed by atoms with van der Waals surface area (Å²) in [5.74, 6) is 0.667. The van der Waals surface area contributed by atoms with Crippen LogP contribution in [0.1, 0.15) is 51.9 Å². The maximum atomic E-state index is 12.9. The highest BCUT2D eigenvalue weighted by molar-refractivity contribution is 5.75. The van der Waals surface area contributed by atoms with Gasteiger partial charge in [-0.1, -0.05) is 6.92 Å². The molecule has 0 bridgehead atoms. The van der Waals surface area contributed by atoms with Crippen LogP contribution in [0, 0.1) is 5.92 Å². The van der Waals surface area contributed by atoms with E-state index < -0.39 is 0 Å². The molecule has 3 unspecified atom stereocenters. The predicted octanol–water partition coefficient (Wildman–Crippen LogP) is 2.44. The number of carbonyl (C=O) groups is 1. The Hall–Kier alpha value is -0.770. The molecule has 114 valence electrons. The lowest BCUT2D eigenvalue weighted by Gasteiger charge is -2.43. The van der Waals surface area contributed by atoms with Gasteiger partial charge in [-0.25, -0.2) is 4.79 Å². The van der Waals surface area contributed by atoms with E-state index in [1.165, 1.54) is 44.9 Å². The number of nitrogens with one attached hydrogen (secondary N) is 1. The minimum absolute atomic E-state index is 0.315. The van der Waals surface area contributed by atoms with Gasteiger partial charge in [0.25, 0.3) is 0 Å². The average molecular weight is 279 g/mol. The summed E-state index contributed by atoms with van der Waals surface area (Å²) in [6.07, 6.45) is 8.60. The summed E-state index contributed by atoms with van der Waals surface area (Å²) in [6.45, 7) is 6.28. The number of nitrogens with zero attached hydrogens (tertiary/aromatic N) is 2. The van der Waals surface area contributed by atoms with Crippen molar-refractivity contribution in [1.82, 2.24) is 15.1 Å². The van der Waals surface area contributed by atoms with Crippen molar-refractivity contribution in [2.45, 2.75) is 64.0 Å². The maximum absolute atomic E-state index is 12.9. The van der Waals surface area contributed by atoms with Gasteiger partial charge in [-0.05, 0) is 57.4 Å². The van der Waals surface area contributed by atoms with E-state index >= 15 is 0 Å². The van der Waals surface area contributed by atoms with Crippen molar-refractivity contribution >= 4 is 6.03 Å². The van der Waals surface area contributed by atoms with E-state index in [0.717, 1.165) is 26.2 Å². The number of amides is 2. The highest BCUT2D eigenvalue weighted by Gasteiger charge is 2.36. The third-order valence-electron chi connectivity index (χ3n) is 5.29. The molecule has 0 spiro atoms. The molecule has 2 amide bonds. The number of piperidine rings is 2. The highest BCUT2D eigenvalue weighted by Crippen LogP contribution is 2.26. The maximum Gasteiger partial charge on any atom is 0.320 e. The number of likely N-dealkylation sites (tertiary alicyclic amines) is 2. The van der Waals surface area contributed by atoms with Crippen LogP contribution < -0.4 is 5.32 Å². The first-order valence-electron chi connectivity index (χ1n) is 8.54. The van der Waals surface area contributed by atoms with Gasteiger partial charge in [0, 0.05) is 31.7 Å². The van der Waals surface area contributed by atoms with Crippen molar-refractivity contribution in [3.05, 3.63) is 0 Å². The van der Waals surface area contributed by atoms with Crippen LogP contribution in [0.3, 0.4) is 0 Å². The van der Waals surface area contributed by atoms with E-state index in [2.05, 4.69) is 22.0 Å². The average Bonchev–Trinajstić information content (AvgIpc) is 3.00. The third-order valence-corrected chi connectivity index (χ3v) is 5.29. The Morgan fingerprint density at radius 3 is 2.70 bits per heavy atom. The predicted molar refractivity (Wildman–Crippen MR) is 80.7 cm³/mol. The van der Waals surface area contributed by atoms with Crippen molar-refractivity contribution in [2.75, 3.05) is 26.2 Å². The molecule has 3 heterocycles. The molecule has 3 saturated heterocycles. The second-order valence-corrected chi connectivity index (χ2v) is 6.94. The molecule has 3 atom stereocenters. The lowest BCUT2D eigenvalue weighted by molar-refractivity contribution is 0.0893. The molecule has 1 N–H and O–H groups in total. The Morgan fingerprint density at radius 1 is 1.05 bits per heavy atom. The van der Waals surface area contributed by atoms with E-state index in [9.17, 15) is 4.79 Å². The fourth-order valence-corrected chi connectivity index (χ4v) is 4.20. The summed E-state index contributed by atoms with van der Waals surface area (Å²) in [7, 11) is 0. The summed E-state index contributed by atoms with van der Waals surface area (Å²) in [5.41, 5.74) is 0. The van der Waals surface area contributed by atoms with Gasteiger partial charge in [0.1, 0.15) is 0 Å². The second kappa shape index (κ2) is 6.33. The van der Waals surface area contributed by atoms with Crippen LogP contribution in [-0.4, -0.2) is 54.1 Å². The van der Waals surface area contributed by atoms with Crippen molar-refractivity contribution in [3.63, 3.8) is 0 Å². The zero-order valence-electron chi connectivity index (χ0n) is 12.8. The SMILES string of the molecule is CC1CCCN(C(=O)N2CCCCC2C2CCCN2)C1. The zero-order valence-corrected chi connectivity index (χ0v) is 12.8. The van der Waals surface area contributed by atoms with Gasteiger partial charge < -0.3 is 15.1 Å². The Bertz CT molecular complexity index is 341. The number of urea groups is 1. The second-order valence-electron chi connectivity index (χ2n) is 6.94. The van der Waals surface area contributed by atoms with Crippen LogP contribution in [0.2, 0.25) is 0 Å². The number of hydrogen-bond acceptors (Lipinski definition) is 2. The quantitative estimate of drug-likeness (QED) is 0.800. The first-order chi connectivity index (χ1) is 9.75. The molecule has 20 heavy (non-hydrogen) atoms. The Kier molecular flexibility index (Phi) is 4.49. The molecular weight excluding hydrogens is 250 g/mol. The largest absolute Gasteiger partial charge is 0.324 e. The molecule has 3 aliphatic heterocycles. The highest BCUT2D eigenvalue weighted by atomic mass is 16.2. The Balaban J connectivity index is 1.67. The molecule has 0 aromatic carbocycles. The van der Waals surface area contributed by atoms with Crippen molar-refractivity contribution in [2.24, 2.45) is 5.92 Å². The van der Waals surface area contributed by atoms with E-state index in [1.54, 1.807) is 0 Å². The zero-order chi connectivity index (χ0) is 13.9. The minimum Gasteiger partial charge on any atom is -0.324 e. The monoisotopic (exact) mass is 279 g/mol. The van der Waals surface area contributed by atoms with Crippen LogP contribution in [0.5, 0.6) is 0 Å². The standard InChI is InChI=1S/C16H29N3O/c1-13-6-5-10-18(12-13)16(20)19-11-3-2-8-15(19)14-7-4-9-17-14/h13-15,17H,2-12H2,1H3. The van der Waals surface area contributed by atoms with Gasteiger partial charge in [0.15, 0.2) is 0 Å². The van der Waals surface area contributed by atoms with Crippen molar-refractivity contribution in [1.29, 1.82) is 0 Å². The molecule has 4 heteroatoms. The van der Waals surface area contributed by atoms with Crippen LogP contribution >= 0.6 is 0 Å². The number of hydrogen-bond donors (Lipinski definition) is 1. The minimum atomic E-state index is 0.315. The van der Waals surface area contributed by atoms with Crippen LogP contribution in [-0.2, 0) is 0 Å². The van der Waals surface area contributed by atoms with E-state index in [1.807, 2.05) is 0 Å². The molecule has 3 fully saturated rings. The Labute approximate surface area is 122 Å². The van der Waals surface area contributed by atoms with E-state index in [0.29, 0.717) is 24.0 Å². The Morgan fingerprint density at radius 2 is 1.95 bits per heavy atom. The van der Waals surface area contributed by atoms with Gasteiger partial charge in [0.2, 0.25) is 0 Å². The van der Waals surface area contributed by atoms with Crippen molar-refractivity contribution in [3.8, 4) is 0 Å². The summed E-state index contributed by atoms with van der Waals surface area (Å²) in [5, 5.41) is 3.61. The summed E-state index contributed by atoms with van der Waals surface area (Å²) in [4.78, 5) is 17.2. The first-order valence-corrected chi connectivity index (χ1v) is 8.54. The molecule has 0 saturated carbocycles. The topological polar surface area (TPSA) is 35.6 Å². The molecule has 3 rings (SSSR count). The molecule has 0 aliphatic carbocycles. The van der Waals surface area contributed by atoms with E-state index in [4.69, 9.17) is 0 Å². The normalized spacial score (nSPS) is 35.4. The van der Waals surface area contributed by atoms with Gasteiger partial charge >= 0.3 is 6.03 Å². The third kappa shape index (κ3) is 2.95. The van der Waals surface area contributed by atoms with Gasteiger partial charge in [-0.15, -0.1) is 0 Å². The van der Waals surface area contributed by atoms with Gasteiger partial charge in [-0.3, -0.25) is 0 Å². The molecular formula is C16H29N3O. The molecule has 0 aromatic heterocycles. The smallest absolute Gasteiger partial charge is 0.320 e. The first kappa shape index (κ1) is 14.2. The van der Waals surface area contributed by atoms with Crippen LogP contribution in [0.15, 0.2) is 0 Å². The number of carbonyl (C=O) groups excluding carboxylic acids is 1. The fraction of sp³-hybridized carbons (Fsp3) is 0.938. The fourth-order valence-electron chi connectivity index (χ4n) is 4.20. The molecule has 4 nitrogen and oxygen atoms in total. The van der Waals surface area contributed by atoms with Crippen molar-refractivity contribution < 1.29 is 4.79 Å². The summed E-state index contributed by atoms with van der Waals surface area (Å²) < 4.78 is 0. The summed E-state index contributed by atoms with van der Waals surface area (Å²) in [6, 6.07) is 1.30.